The fourth-order valence-electron chi connectivity index (χ4n) is 3.25. The van der Waals surface area contributed by atoms with Gasteiger partial charge in [0.15, 0.2) is 0 Å². The summed E-state index contributed by atoms with van der Waals surface area (Å²) in [6, 6.07) is 17.3. The third-order valence-electron chi connectivity index (χ3n) is 4.77. The van der Waals surface area contributed by atoms with E-state index in [4.69, 9.17) is 21.1 Å². The lowest BCUT2D eigenvalue weighted by molar-refractivity contribution is 0.0948. The molecule has 0 unspecified atom stereocenters. The summed E-state index contributed by atoms with van der Waals surface area (Å²) in [6.45, 7) is 3.13. The van der Waals surface area contributed by atoms with E-state index in [2.05, 4.69) is 9.88 Å². The van der Waals surface area contributed by atoms with Crippen LogP contribution in [0.15, 0.2) is 54.6 Å². The third-order valence-corrected chi connectivity index (χ3v) is 5.03. The highest BCUT2D eigenvalue weighted by Gasteiger charge is 2.19. The fourth-order valence-corrected chi connectivity index (χ4v) is 3.37. The standard InChI is InChI=1S/C23H25ClN2O3/c1-16-21(23(27)25-13-4-14-28-2)15-22(17-5-7-18(24)8-6-17)26(16)19-9-11-20(29-3)12-10-19/h5-12,15H,4,13-14H2,1-3H3,(H,25,27). The molecule has 152 valence electrons. The van der Waals surface area contributed by atoms with Gasteiger partial charge in [0, 0.05) is 36.7 Å². The van der Waals surface area contributed by atoms with Crippen LogP contribution in [0.2, 0.25) is 5.02 Å². The van der Waals surface area contributed by atoms with Gasteiger partial charge in [0.25, 0.3) is 5.91 Å². The average molecular weight is 413 g/mol. The first kappa shape index (κ1) is 21.0. The summed E-state index contributed by atoms with van der Waals surface area (Å²) in [7, 11) is 3.29. The van der Waals surface area contributed by atoms with Gasteiger partial charge in [-0.3, -0.25) is 4.79 Å². The van der Waals surface area contributed by atoms with Gasteiger partial charge in [-0.05, 0) is 61.4 Å². The van der Waals surface area contributed by atoms with Crippen LogP contribution in [0.1, 0.15) is 22.5 Å². The first-order valence-electron chi connectivity index (χ1n) is 9.45. The molecule has 0 spiro atoms. The number of hydrogen-bond acceptors (Lipinski definition) is 3. The number of aromatic nitrogens is 1. The first-order chi connectivity index (χ1) is 14.0. The van der Waals surface area contributed by atoms with Crippen molar-refractivity contribution in [1.29, 1.82) is 0 Å². The first-order valence-corrected chi connectivity index (χ1v) is 9.82. The van der Waals surface area contributed by atoms with Gasteiger partial charge in [-0.1, -0.05) is 23.7 Å². The van der Waals surface area contributed by atoms with Gasteiger partial charge in [-0.25, -0.2) is 0 Å². The van der Waals surface area contributed by atoms with E-state index in [9.17, 15) is 4.79 Å². The smallest absolute Gasteiger partial charge is 0.253 e. The SMILES string of the molecule is COCCCNC(=O)c1cc(-c2ccc(Cl)cc2)n(-c2ccc(OC)cc2)c1C. The Balaban J connectivity index is 2.02. The number of carbonyl (C=O) groups is 1. The van der Waals surface area contributed by atoms with Crippen LogP contribution in [-0.2, 0) is 4.74 Å². The van der Waals surface area contributed by atoms with Crippen LogP contribution < -0.4 is 10.1 Å². The molecule has 3 rings (SSSR count). The lowest BCUT2D eigenvalue weighted by Crippen LogP contribution is -2.25. The fraction of sp³-hybridized carbons (Fsp3) is 0.261. The molecule has 0 aliphatic carbocycles. The van der Waals surface area contributed by atoms with Gasteiger partial charge in [0.1, 0.15) is 5.75 Å². The maximum absolute atomic E-state index is 12.8. The van der Waals surface area contributed by atoms with E-state index in [1.807, 2.05) is 61.5 Å². The second kappa shape index (κ2) is 9.63. The van der Waals surface area contributed by atoms with Crippen LogP contribution in [0.3, 0.4) is 0 Å². The van der Waals surface area contributed by atoms with E-state index < -0.39 is 0 Å². The predicted molar refractivity (Wildman–Crippen MR) is 116 cm³/mol. The highest BCUT2D eigenvalue weighted by atomic mass is 35.5. The van der Waals surface area contributed by atoms with Crippen molar-refractivity contribution in [3.63, 3.8) is 0 Å². The molecule has 1 N–H and O–H groups in total. The van der Waals surface area contributed by atoms with Crippen molar-refractivity contribution in [3.8, 4) is 22.7 Å². The Labute approximate surface area is 176 Å². The maximum Gasteiger partial charge on any atom is 0.253 e. The Morgan fingerprint density at radius 3 is 2.38 bits per heavy atom. The van der Waals surface area contributed by atoms with E-state index in [0.29, 0.717) is 23.7 Å². The molecule has 0 radical (unpaired) electrons. The van der Waals surface area contributed by atoms with Crippen molar-refractivity contribution < 1.29 is 14.3 Å². The molecule has 0 fully saturated rings. The average Bonchev–Trinajstić information content (AvgIpc) is 3.09. The van der Waals surface area contributed by atoms with Crippen LogP contribution in [0.5, 0.6) is 5.75 Å². The van der Waals surface area contributed by atoms with Crippen molar-refractivity contribution in [2.75, 3.05) is 27.4 Å². The number of hydrogen-bond donors (Lipinski definition) is 1. The van der Waals surface area contributed by atoms with E-state index >= 15 is 0 Å². The topological polar surface area (TPSA) is 52.5 Å². The van der Waals surface area contributed by atoms with Crippen molar-refractivity contribution in [2.24, 2.45) is 0 Å². The number of ether oxygens (including phenoxy) is 2. The van der Waals surface area contributed by atoms with Crippen LogP contribution in [-0.4, -0.2) is 37.8 Å². The van der Waals surface area contributed by atoms with Gasteiger partial charge in [0.2, 0.25) is 0 Å². The second-order valence-corrected chi connectivity index (χ2v) is 7.11. The summed E-state index contributed by atoms with van der Waals surface area (Å²) in [5, 5.41) is 3.64. The second-order valence-electron chi connectivity index (χ2n) is 6.67. The molecule has 29 heavy (non-hydrogen) atoms. The van der Waals surface area contributed by atoms with Gasteiger partial charge in [-0.15, -0.1) is 0 Å². The molecular formula is C23H25ClN2O3. The molecule has 0 atom stereocenters. The van der Waals surface area contributed by atoms with Crippen molar-refractivity contribution in [1.82, 2.24) is 9.88 Å². The number of carbonyl (C=O) groups excluding carboxylic acids is 1. The Kier molecular flexibility index (Phi) is 6.96. The minimum atomic E-state index is -0.0962. The highest BCUT2D eigenvalue weighted by molar-refractivity contribution is 6.30. The highest BCUT2D eigenvalue weighted by Crippen LogP contribution is 2.31. The van der Waals surface area contributed by atoms with E-state index in [1.165, 1.54) is 0 Å². The Bertz CT molecular complexity index is 963. The van der Waals surface area contributed by atoms with E-state index in [0.717, 1.165) is 34.8 Å². The summed E-state index contributed by atoms with van der Waals surface area (Å²) in [5.74, 6) is 0.684. The Morgan fingerprint density at radius 1 is 1.07 bits per heavy atom. The molecule has 1 heterocycles. The molecule has 0 saturated carbocycles. The number of benzene rings is 2. The molecule has 1 aromatic heterocycles. The predicted octanol–water partition coefficient (Wildman–Crippen LogP) is 4.88. The minimum absolute atomic E-state index is 0.0962. The maximum atomic E-state index is 12.8. The zero-order chi connectivity index (χ0) is 20.8. The van der Waals surface area contributed by atoms with E-state index in [1.54, 1.807) is 14.2 Å². The molecule has 0 aliphatic heterocycles. The number of rotatable bonds is 8. The summed E-state index contributed by atoms with van der Waals surface area (Å²) >= 11 is 6.06. The molecule has 5 nitrogen and oxygen atoms in total. The zero-order valence-corrected chi connectivity index (χ0v) is 17.6. The van der Waals surface area contributed by atoms with Gasteiger partial charge in [0.05, 0.1) is 18.4 Å². The zero-order valence-electron chi connectivity index (χ0n) is 16.9. The number of methoxy groups -OCH3 is 2. The molecular weight excluding hydrogens is 388 g/mol. The molecule has 1 amide bonds. The van der Waals surface area contributed by atoms with Gasteiger partial charge < -0.3 is 19.4 Å². The molecule has 6 heteroatoms. The van der Waals surface area contributed by atoms with Crippen LogP contribution in [0, 0.1) is 6.92 Å². The molecule has 2 aromatic carbocycles. The molecule has 3 aromatic rings. The van der Waals surface area contributed by atoms with Gasteiger partial charge in [-0.2, -0.15) is 0 Å². The summed E-state index contributed by atoms with van der Waals surface area (Å²) < 4.78 is 12.4. The largest absolute Gasteiger partial charge is 0.497 e. The van der Waals surface area contributed by atoms with Crippen LogP contribution in [0.4, 0.5) is 0 Å². The number of nitrogens with one attached hydrogen (secondary N) is 1. The van der Waals surface area contributed by atoms with Crippen LogP contribution in [0.25, 0.3) is 16.9 Å². The van der Waals surface area contributed by atoms with E-state index in [-0.39, 0.29) is 5.91 Å². The Morgan fingerprint density at radius 2 is 1.76 bits per heavy atom. The minimum Gasteiger partial charge on any atom is -0.497 e. The summed E-state index contributed by atoms with van der Waals surface area (Å²) in [5.41, 5.74) is 4.36. The number of halogens is 1. The number of amides is 1. The van der Waals surface area contributed by atoms with Gasteiger partial charge >= 0.3 is 0 Å². The third kappa shape index (κ3) is 4.81. The quantitative estimate of drug-likeness (QED) is 0.536. The number of nitrogens with zero attached hydrogens (tertiary/aromatic N) is 1. The normalized spacial score (nSPS) is 10.8. The summed E-state index contributed by atoms with van der Waals surface area (Å²) in [6.07, 6.45) is 0.768. The van der Waals surface area contributed by atoms with Crippen molar-refractivity contribution in [3.05, 3.63) is 70.9 Å². The monoisotopic (exact) mass is 412 g/mol. The Hall–Kier alpha value is -2.76. The van der Waals surface area contributed by atoms with Crippen LogP contribution >= 0.6 is 11.6 Å². The molecule has 0 bridgehead atoms. The van der Waals surface area contributed by atoms with Crippen molar-refractivity contribution in [2.45, 2.75) is 13.3 Å². The molecule has 0 saturated heterocycles. The molecule has 0 aliphatic rings. The lowest BCUT2D eigenvalue weighted by atomic mass is 10.1. The van der Waals surface area contributed by atoms with Crippen molar-refractivity contribution >= 4 is 17.5 Å². The lowest BCUT2D eigenvalue weighted by Gasteiger charge is -2.13. The summed E-state index contributed by atoms with van der Waals surface area (Å²) in [4.78, 5) is 12.8.